The van der Waals surface area contributed by atoms with E-state index in [1.165, 1.54) is 31.7 Å². The summed E-state index contributed by atoms with van der Waals surface area (Å²) in [6.07, 6.45) is 5.94. The third-order valence-electron chi connectivity index (χ3n) is 2.40. The van der Waals surface area contributed by atoms with Crippen LogP contribution in [0.15, 0.2) is 18.2 Å². The maximum Gasteiger partial charge on any atom is 0.166 e. The van der Waals surface area contributed by atoms with Gasteiger partial charge in [0.15, 0.2) is 11.6 Å². The first kappa shape index (κ1) is 13.7. The fourth-order valence-corrected chi connectivity index (χ4v) is 1.93. The molecule has 0 atom stereocenters. The van der Waals surface area contributed by atoms with E-state index in [4.69, 9.17) is 4.74 Å². The largest absolute Gasteiger partial charge is 0.491 e. The van der Waals surface area contributed by atoms with Crippen molar-refractivity contribution >= 4 is 22.6 Å². The fourth-order valence-electron chi connectivity index (χ4n) is 1.48. The Bertz CT molecular complexity index is 315. The van der Waals surface area contributed by atoms with Gasteiger partial charge in [-0.2, -0.15) is 0 Å². The standard InChI is InChI=1S/C13H18FIO/c1-2-3-4-5-6-9-16-13-8-7-11(15)10-12(13)14/h7-8,10H,2-6,9H2,1H3. The van der Waals surface area contributed by atoms with Crippen LogP contribution in [0.2, 0.25) is 0 Å². The molecule has 16 heavy (non-hydrogen) atoms. The Labute approximate surface area is 111 Å². The van der Waals surface area contributed by atoms with Gasteiger partial charge in [0, 0.05) is 3.57 Å². The Morgan fingerprint density at radius 2 is 1.94 bits per heavy atom. The zero-order valence-electron chi connectivity index (χ0n) is 9.64. The van der Waals surface area contributed by atoms with Crippen LogP contribution in [0.4, 0.5) is 4.39 Å². The molecule has 0 fully saturated rings. The highest BCUT2D eigenvalue weighted by Crippen LogP contribution is 2.19. The van der Waals surface area contributed by atoms with E-state index in [9.17, 15) is 4.39 Å². The van der Waals surface area contributed by atoms with Gasteiger partial charge < -0.3 is 4.74 Å². The third-order valence-corrected chi connectivity index (χ3v) is 3.07. The Hall–Kier alpha value is -0.320. The summed E-state index contributed by atoms with van der Waals surface area (Å²) in [5.74, 6) is 0.108. The zero-order valence-corrected chi connectivity index (χ0v) is 11.8. The fraction of sp³-hybridized carbons (Fsp3) is 0.538. The van der Waals surface area contributed by atoms with Crippen LogP contribution in [-0.2, 0) is 0 Å². The number of hydrogen-bond acceptors (Lipinski definition) is 1. The van der Waals surface area contributed by atoms with Gasteiger partial charge in [-0.15, -0.1) is 0 Å². The molecule has 0 aliphatic carbocycles. The minimum Gasteiger partial charge on any atom is -0.491 e. The molecule has 0 amide bonds. The molecule has 0 heterocycles. The van der Waals surface area contributed by atoms with Gasteiger partial charge in [-0.05, 0) is 47.2 Å². The van der Waals surface area contributed by atoms with Gasteiger partial charge in [0.1, 0.15) is 0 Å². The van der Waals surface area contributed by atoms with E-state index in [-0.39, 0.29) is 5.82 Å². The molecular formula is C13H18FIO. The van der Waals surface area contributed by atoms with Gasteiger partial charge in [0.2, 0.25) is 0 Å². The number of rotatable bonds is 7. The van der Waals surface area contributed by atoms with Gasteiger partial charge in [0.25, 0.3) is 0 Å². The molecule has 1 aromatic carbocycles. The first-order chi connectivity index (χ1) is 7.74. The van der Waals surface area contributed by atoms with Gasteiger partial charge >= 0.3 is 0 Å². The van der Waals surface area contributed by atoms with Crippen LogP contribution in [-0.4, -0.2) is 6.61 Å². The molecule has 3 heteroatoms. The minimum absolute atomic E-state index is 0.263. The van der Waals surface area contributed by atoms with E-state index in [1.807, 2.05) is 6.07 Å². The van der Waals surface area contributed by atoms with E-state index in [0.29, 0.717) is 12.4 Å². The Morgan fingerprint density at radius 3 is 2.62 bits per heavy atom. The molecule has 0 saturated carbocycles. The summed E-state index contributed by atoms with van der Waals surface area (Å²) in [6, 6.07) is 5.05. The Morgan fingerprint density at radius 1 is 1.19 bits per heavy atom. The second-order valence-electron chi connectivity index (χ2n) is 3.84. The van der Waals surface area contributed by atoms with Gasteiger partial charge in [-0.3, -0.25) is 0 Å². The molecule has 1 aromatic rings. The SMILES string of the molecule is CCCCCCCOc1ccc(I)cc1F. The molecule has 0 spiro atoms. The van der Waals surface area contributed by atoms with Crippen molar-refractivity contribution in [3.63, 3.8) is 0 Å². The molecule has 0 aliphatic rings. The van der Waals surface area contributed by atoms with E-state index in [1.54, 1.807) is 6.07 Å². The quantitative estimate of drug-likeness (QED) is 0.514. The second-order valence-corrected chi connectivity index (χ2v) is 5.08. The van der Waals surface area contributed by atoms with Crippen molar-refractivity contribution in [1.29, 1.82) is 0 Å². The lowest BCUT2D eigenvalue weighted by atomic mass is 10.2. The summed E-state index contributed by atoms with van der Waals surface area (Å²) in [6.45, 7) is 2.80. The molecule has 0 aliphatic heterocycles. The monoisotopic (exact) mass is 336 g/mol. The third kappa shape index (κ3) is 5.14. The Kier molecular flexibility index (Phi) is 6.76. The first-order valence-corrected chi connectivity index (χ1v) is 6.89. The molecule has 0 unspecified atom stereocenters. The number of hydrogen-bond donors (Lipinski definition) is 0. The maximum absolute atomic E-state index is 13.4. The minimum atomic E-state index is -0.263. The second kappa shape index (κ2) is 7.87. The lowest BCUT2D eigenvalue weighted by Gasteiger charge is -2.07. The van der Waals surface area contributed by atoms with Crippen LogP contribution in [0.5, 0.6) is 5.75 Å². The lowest BCUT2D eigenvalue weighted by Crippen LogP contribution is -1.99. The van der Waals surface area contributed by atoms with Crippen molar-refractivity contribution < 1.29 is 9.13 Å². The summed E-state index contributed by atoms with van der Waals surface area (Å²) < 4.78 is 19.6. The van der Waals surface area contributed by atoms with Gasteiger partial charge in [-0.1, -0.05) is 32.6 Å². The van der Waals surface area contributed by atoms with Crippen LogP contribution in [0.1, 0.15) is 39.0 Å². The summed E-state index contributed by atoms with van der Waals surface area (Å²) in [5.41, 5.74) is 0. The molecule has 0 N–H and O–H groups in total. The molecule has 1 rings (SSSR count). The Balaban J connectivity index is 2.21. The smallest absolute Gasteiger partial charge is 0.166 e. The highest BCUT2D eigenvalue weighted by molar-refractivity contribution is 14.1. The van der Waals surface area contributed by atoms with E-state index in [2.05, 4.69) is 29.5 Å². The highest BCUT2D eigenvalue weighted by Gasteiger charge is 2.02. The van der Waals surface area contributed by atoms with Crippen LogP contribution < -0.4 is 4.74 Å². The number of ether oxygens (including phenoxy) is 1. The van der Waals surface area contributed by atoms with Crippen LogP contribution in [0.3, 0.4) is 0 Å². The van der Waals surface area contributed by atoms with Crippen molar-refractivity contribution in [1.82, 2.24) is 0 Å². The van der Waals surface area contributed by atoms with Crippen molar-refractivity contribution in [3.8, 4) is 5.75 Å². The molecule has 1 nitrogen and oxygen atoms in total. The predicted octanol–water partition coefficient (Wildman–Crippen LogP) is 4.78. The van der Waals surface area contributed by atoms with Gasteiger partial charge in [-0.25, -0.2) is 4.39 Å². The average Bonchev–Trinajstić information content (AvgIpc) is 2.26. The van der Waals surface area contributed by atoms with Crippen molar-refractivity contribution in [3.05, 3.63) is 27.6 Å². The molecule has 0 bridgehead atoms. The lowest BCUT2D eigenvalue weighted by molar-refractivity contribution is 0.290. The average molecular weight is 336 g/mol. The van der Waals surface area contributed by atoms with E-state index >= 15 is 0 Å². The highest BCUT2D eigenvalue weighted by atomic mass is 127. The summed E-state index contributed by atoms with van der Waals surface area (Å²) in [7, 11) is 0. The van der Waals surface area contributed by atoms with E-state index < -0.39 is 0 Å². The predicted molar refractivity (Wildman–Crippen MR) is 73.4 cm³/mol. The van der Waals surface area contributed by atoms with Crippen LogP contribution in [0, 0.1) is 9.39 Å². The zero-order chi connectivity index (χ0) is 11.8. The van der Waals surface area contributed by atoms with Crippen molar-refractivity contribution in [2.75, 3.05) is 6.61 Å². The summed E-state index contributed by atoms with van der Waals surface area (Å²) in [4.78, 5) is 0. The first-order valence-electron chi connectivity index (χ1n) is 5.82. The topological polar surface area (TPSA) is 9.23 Å². The van der Waals surface area contributed by atoms with Crippen molar-refractivity contribution in [2.24, 2.45) is 0 Å². The van der Waals surface area contributed by atoms with E-state index in [0.717, 1.165) is 9.99 Å². The van der Waals surface area contributed by atoms with Crippen LogP contribution >= 0.6 is 22.6 Å². The van der Waals surface area contributed by atoms with Crippen molar-refractivity contribution in [2.45, 2.75) is 39.0 Å². The molecule has 90 valence electrons. The maximum atomic E-state index is 13.4. The van der Waals surface area contributed by atoms with Gasteiger partial charge in [0.05, 0.1) is 6.61 Å². The summed E-state index contributed by atoms with van der Waals surface area (Å²) in [5, 5.41) is 0. The molecule has 0 saturated heterocycles. The molecule has 0 radical (unpaired) electrons. The number of unbranched alkanes of at least 4 members (excludes halogenated alkanes) is 4. The molecule has 0 aromatic heterocycles. The summed E-state index contributed by atoms with van der Waals surface area (Å²) >= 11 is 2.09. The van der Waals surface area contributed by atoms with Crippen LogP contribution in [0.25, 0.3) is 0 Å². The number of halogens is 2. The molecular weight excluding hydrogens is 318 g/mol. The number of benzene rings is 1. The normalized spacial score (nSPS) is 10.4.